The van der Waals surface area contributed by atoms with Gasteiger partial charge in [-0.3, -0.25) is 4.79 Å². The fourth-order valence-electron chi connectivity index (χ4n) is 2.71. The molecule has 0 aliphatic rings. The van der Waals surface area contributed by atoms with Gasteiger partial charge in [0.15, 0.2) is 4.80 Å². The molecule has 0 aliphatic heterocycles. The summed E-state index contributed by atoms with van der Waals surface area (Å²) in [7, 11) is 4.60. The second-order valence-corrected chi connectivity index (χ2v) is 6.47. The smallest absolute Gasteiger partial charge is 0.287 e. The van der Waals surface area contributed by atoms with Gasteiger partial charge in [0.2, 0.25) is 0 Å². The van der Waals surface area contributed by atoms with Crippen molar-refractivity contribution in [3.05, 3.63) is 46.8 Å². The van der Waals surface area contributed by atoms with Gasteiger partial charge in [0.1, 0.15) is 22.8 Å². The highest BCUT2D eigenvalue weighted by atomic mass is 32.1. The van der Waals surface area contributed by atoms with Gasteiger partial charge >= 0.3 is 0 Å². The van der Waals surface area contributed by atoms with Gasteiger partial charge in [-0.1, -0.05) is 23.3 Å². The van der Waals surface area contributed by atoms with E-state index in [4.69, 9.17) is 20.6 Å². The molecule has 0 saturated heterocycles. The van der Waals surface area contributed by atoms with Gasteiger partial charge in [0.05, 0.1) is 38.1 Å². The molecule has 2 aromatic carbocycles. The molecule has 138 valence electrons. The number of ether oxygens (including phenoxy) is 3. The Kier molecular flexibility index (Phi) is 5.48. The van der Waals surface area contributed by atoms with Crippen molar-refractivity contribution >= 4 is 27.5 Å². The minimum absolute atomic E-state index is 0.268. The summed E-state index contributed by atoms with van der Waals surface area (Å²) in [5.74, 6) is 3.66. The monoisotopic (exact) mass is 382 g/mol. The van der Waals surface area contributed by atoms with Gasteiger partial charge in [-0.15, -0.1) is 6.42 Å². The van der Waals surface area contributed by atoms with Gasteiger partial charge in [-0.25, -0.2) is 0 Å². The zero-order chi connectivity index (χ0) is 19.4. The molecule has 0 fully saturated rings. The first-order chi connectivity index (χ1) is 13.1. The zero-order valence-electron chi connectivity index (χ0n) is 15.2. The van der Waals surface area contributed by atoms with Crippen LogP contribution < -0.4 is 19.0 Å². The van der Waals surface area contributed by atoms with Gasteiger partial charge in [-0.2, -0.15) is 4.99 Å². The summed E-state index contributed by atoms with van der Waals surface area (Å²) in [5.41, 5.74) is 1.15. The Morgan fingerprint density at radius 1 is 1.15 bits per heavy atom. The summed E-state index contributed by atoms with van der Waals surface area (Å²) >= 11 is 1.36. The number of thiazole rings is 1. The highest BCUT2D eigenvalue weighted by Crippen LogP contribution is 2.29. The topological polar surface area (TPSA) is 62.1 Å². The Morgan fingerprint density at radius 3 is 2.44 bits per heavy atom. The largest absolute Gasteiger partial charge is 0.497 e. The van der Waals surface area contributed by atoms with Gasteiger partial charge in [0, 0.05) is 0 Å². The summed E-state index contributed by atoms with van der Waals surface area (Å²) in [6.07, 6.45) is 5.51. The Hall–Kier alpha value is -3.24. The van der Waals surface area contributed by atoms with Crippen molar-refractivity contribution in [1.29, 1.82) is 0 Å². The summed E-state index contributed by atoms with van der Waals surface area (Å²) in [6.45, 7) is 0.293. The molecule has 0 unspecified atom stereocenters. The number of aromatic nitrogens is 1. The molecule has 0 saturated carbocycles. The zero-order valence-corrected chi connectivity index (χ0v) is 16.0. The molecule has 1 heterocycles. The Balaban J connectivity index is 2.20. The van der Waals surface area contributed by atoms with Crippen molar-refractivity contribution in [3.8, 4) is 29.6 Å². The Labute approximate surface area is 160 Å². The SMILES string of the molecule is C#CCn1c(=NC(=O)c2c(OC)cccc2OC)sc2cc(OC)ccc21. The molecule has 0 atom stereocenters. The maximum absolute atomic E-state index is 12.9. The lowest BCUT2D eigenvalue weighted by molar-refractivity contribution is 0.0992. The summed E-state index contributed by atoms with van der Waals surface area (Å²) < 4.78 is 18.6. The number of methoxy groups -OCH3 is 3. The molecule has 0 bridgehead atoms. The van der Waals surface area contributed by atoms with Crippen LogP contribution in [0.1, 0.15) is 10.4 Å². The van der Waals surface area contributed by atoms with Crippen LogP contribution >= 0.6 is 11.3 Å². The van der Waals surface area contributed by atoms with Crippen LogP contribution in [0.15, 0.2) is 41.4 Å². The van der Waals surface area contributed by atoms with Crippen LogP contribution in [0, 0.1) is 12.3 Å². The number of terminal acetylenes is 1. The van der Waals surface area contributed by atoms with Crippen molar-refractivity contribution in [2.24, 2.45) is 4.99 Å². The minimum atomic E-state index is -0.464. The average molecular weight is 382 g/mol. The molecule has 7 heteroatoms. The molecular formula is C20H18N2O4S. The molecule has 1 aromatic heterocycles. The van der Waals surface area contributed by atoms with E-state index in [2.05, 4.69) is 10.9 Å². The molecule has 0 aliphatic carbocycles. The van der Waals surface area contributed by atoms with Crippen LogP contribution in [-0.4, -0.2) is 31.8 Å². The van der Waals surface area contributed by atoms with Crippen LogP contribution in [0.5, 0.6) is 17.2 Å². The molecule has 0 N–H and O–H groups in total. The number of carbonyl (C=O) groups excluding carboxylic acids is 1. The number of benzene rings is 2. The van der Waals surface area contributed by atoms with Gasteiger partial charge in [-0.05, 0) is 30.3 Å². The van der Waals surface area contributed by atoms with E-state index in [1.165, 1.54) is 25.6 Å². The van der Waals surface area contributed by atoms with Gasteiger partial charge in [0.25, 0.3) is 5.91 Å². The molecule has 0 radical (unpaired) electrons. The van der Waals surface area contributed by atoms with Crippen LogP contribution in [0.2, 0.25) is 0 Å². The molecule has 1 amide bonds. The fraction of sp³-hybridized carbons (Fsp3) is 0.200. The van der Waals surface area contributed by atoms with E-state index < -0.39 is 5.91 Å². The minimum Gasteiger partial charge on any atom is -0.497 e. The fourth-order valence-corrected chi connectivity index (χ4v) is 3.77. The average Bonchev–Trinajstić information content (AvgIpc) is 3.03. The molecule has 3 aromatic rings. The lowest BCUT2D eigenvalue weighted by Crippen LogP contribution is -2.17. The molecule has 27 heavy (non-hydrogen) atoms. The van der Waals surface area contributed by atoms with Crippen molar-refractivity contribution < 1.29 is 19.0 Å². The van der Waals surface area contributed by atoms with Crippen LogP contribution in [0.25, 0.3) is 10.2 Å². The van der Waals surface area contributed by atoms with Gasteiger partial charge < -0.3 is 18.8 Å². The number of hydrogen-bond acceptors (Lipinski definition) is 5. The van der Waals surface area contributed by atoms with Crippen LogP contribution in [-0.2, 0) is 6.54 Å². The van der Waals surface area contributed by atoms with E-state index in [1.807, 2.05) is 22.8 Å². The third-order valence-corrected chi connectivity index (χ3v) is 5.02. The van der Waals surface area contributed by atoms with Crippen molar-refractivity contribution in [1.82, 2.24) is 4.57 Å². The number of carbonyl (C=O) groups is 1. The third-order valence-electron chi connectivity index (χ3n) is 3.98. The number of hydrogen-bond donors (Lipinski definition) is 0. The van der Waals surface area contributed by atoms with E-state index >= 15 is 0 Å². The molecule has 6 nitrogen and oxygen atoms in total. The number of nitrogens with zero attached hydrogens (tertiary/aromatic N) is 2. The molecule has 3 rings (SSSR count). The molecular weight excluding hydrogens is 364 g/mol. The van der Waals surface area contributed by atoms with Crippen molar-refractivity contribution in [2.75, 3.05) is 21.3 Å². The van der Waals surface area contributed by atoms with E-state index in [9.17, 15) is 4.79 Å². The predicted octanol–water partition coefficient (Wildman–Crippen LogP) is 3.10. The summed E-state index contributed by atoms with van der Waals surface area (Å²) in [4.78, 5) is 17.7. The normalized spacial score (nSPS) is 11.3. The quantitative estimate of drug-likeness (QED) is 0.636. The standard InChI is InChI=1S/C20H18N2O4S/c1-5-11-22-14-10-9-13(24-2)12-17(14)27-20(22)21-19(23)18-15(25-3)7-6-8-16(18)26-4/h1,6-10,12H,11H2,2-4H3. The van der Waals surface area contributed by atoms with Crippen LogP contribution in [0.3, 0.4) is 0 Å². The highest BCUT2D eigenvalue weighted by molar-refractivity contribution is 7.16. The number of rotatable bonds is 5. The first-order valence-corrected chi connectivity index (χ1v) is 8.85. The highest BCUT2D eigenvalue weighted by Gasteiger charge is 2.18. The maximum atomic E-state index is 12.9. The van der Waals surface area contributed by atoms with Crippen molar-refractivity contribution in [3.63, 3.8) is 0 Å². The van der Waals surface area contributed by atoms with E-state index in [0.717, 1.165) is 16.0 Å². The predicted molar refractivity (Wildman–Crippen MR) is 105 cm³/mol. The Morgan fingerprint density at radius 2 is 1.85 bits per heavy atom. The van der Waals surface area contributed by atoms with E-state index in [-0.39, 0.29) is 5.56 Å². The maximum Gasteiger partial charge on any atom is 0.287 e. The first kappa shape index (κ1) is 18.5. The second-order valence-electron chi connectivity index (χ2n) is 5.46. The number of fused-ring (bicyclic) bond motifs is 1. The number of amides is 1. The van der Waals surface area contributed by atoms with Crippen LogP contribution in [0.4, 0.5) is 0 Å². The molecule has 0 spiro atoms. The lowest BCUT2D eigenvalue weighted by Gasteiger charge is -2.09. The first-order valence-electron chi connectivity index (χ1n) is 8.03. The third kappa shape index (κ3) is 3.52. The lowest BCUT2D eigenvalue weighted by atomic mass is 10.1. The van der Waals surface area contributed by atoms with Crippen molar-refractivity contribution in [2.45, 2.75) is 6.54 Å². The summed E-state index contributed by atoms with van der Waals surface area (Å²) in [5, 5.41) is 0. The van der Waals surface area contributed by atoms with E-state index in [0.29, 0.717) is 22.8 Å². The Bertz CT molecular complexity index is 1080. The van der Waals surface area contributed by atoms with E-state index in [1.54, 1.807) is 25.3 Å². The summed E-state index contributed by atoms with van der Waals surface area (Å²) in [6, 6.07) is 10.8. The second kappa shape index (κ2) is 7.98.